The summed E-state index contributed by atoms with van der Waals surface area (Å²) >= 11 is 0. The van der Waals surface area contributed by atoms with Crippen LogP contribution >= 0.6 is 0 Å². The van der Waals surface area contributed by atoms with Gasteiger partial charge in [-0.05, 0) is 13.5 Å². The minimum Gasteiger partial charge on any atom is -0.379 e. The van der Waals surface area contributed by atoms with Gasteiger partial charge in [-0.3, -0.25) is 4.90 Å². The molecule has 0 aromatic carbocycles. The van der Waals surface area contributed by atoms with E-state index in [0.29, 0.717) is 6.04 Å². The summed E-state index contributed by atoms with van der Waals surface area (Å²) in [5, 5.41) is 0. The van der Waals surface area contributed by atoms with E-state index in [1.807, 2.05) is 0 Å². The first-order chi connectivity index (χ1) is 5.34. The number of hydrogen-bond acceptors (Lipinski definition) is 2. The zero-order valence-electron chi connectivity index (χ0n) is 7.68. The van der Waals surface area contributed by atoms with Crippen molar-refractivity contribution < 1.29 is 4.74 Å². The average molecular weight is 157 g/mol. The standard InChI is InChI=1S/C7H15NO.C2H4/c1-3-8-4-5-9-6-7(8)2;1-2/h7H,3-6H2,1-2H3;1-2H2/t7-;/m1./s1. The van der Waals surface area contributed by atoms with Crippen LogP contribution in [0.15, 0.2) is 13.2 Å². The molecule has 1 rings (SSSR count). The van der Waals surface area contributed by atoms with E-state index in [2.05, 4.69) is 31.9 Å². The summed E-state index contributed by atoms with van der Waals surface area (Å²) in [5.41, 5.74) is 0. The van der Waals surface area contributed by atoms with Gasteiger partial charge in [0.15, 0.2) is 0 Å². The maximum atomic E-state index is 5.27. The van der Waals surface area contributed by atoms with E-state index in [1.165, 1.54) is 0 Å². The van der Waals surface area contributed by atoms with Crippen molar-refractivity contribution in [2.75, 3.05) is 26.3 Å². The van der Waals surface area contributed by atoms with E-state index in [1.54, 1.807) is 0 Å². The van der Waals surface area contributed by atoms with Gasteiger partial charge in [-0.15, -0.1) is 13.2 Å². The minimum absolute atomic E-state index is 0.628. The molecule has 1 saturated heterocycles. The fraction of sp³-hybridized carbons (Fsp3) is 0.778. The van der Waals surface area contributed by atoms with Crippen molar-refractivity contribution >= 4 is 0 Å². The molecule has 0 radical (unpaired) electrons. The SMILES string of the molecule is C=C.CCN1CCOC[C@H]1C. The van der Waals surface area contributed by atoms with Gasteiger partial charge in [0.1, 0.15) is 0 Å². The molecular formula is C9H19NO. The molecule has 1 heterocycles. The fourth-order valence-electron chi connectivity index (χ4n) is 1.23. The van der Waals surface area contributed by atoms with Crippen LogP contribution in [-0.4, -0.2) is 37.2 Å². The first-order valence-corrected chi connectivity index (χ1v) is 4.16. The molecule has 0 aromatic heterocycles. The number of nitrogens with zero attached hydrogens (tertiary/aromatic N) is 1. The van der Waals surface area contributed by atoms with Crippen molar-refractivity contribution in [1.29, 1.82) is 0 Å². The lowest BCUT2D eigenvalue weighted by Gasteiger charge is -2.31. The third-order valence-corrected chi connectivity index (χ3v) is 1.91. The van der Waals surface area contributed by atoms with Crippen LogP contribution < -0.4 is 0 Å². The molecule has 66 valence electrons. The summed E-state index contributed by atoms with van der Waals surface area (Å²) in [7, 11) is 0. The van der Waals surface area contributed by atoms with Gasteiger partial charge in [0.25, 0.3) is 0 Å². The number of rotatable bonds is 1. The van der Waals surface area contributed by atoms with Gasteiger partial charge in [0, 0.05) is 12.6 Å². The zero-order chi connectivity index (χ0) is 8.69. The zero-order valence-corrected chi connectivity index (χ0v) is 7.68. The molecule has 11 heavy (non-hydrogen) atoms. The van der Waals surface area contributed by atoms with Crippen molar-refractivity contribution in [1.82, 2.24) is 4.90 Å². The summed E-state index contributed by atoms with van der Waals surface area (Å²) < 4.78 is 5.27. The molecule has 0 aromatic rings. The first-order valence-electron chi connectivity index (χ1n) is 4.16. The Morgan fingerprint density at radius 2 is 2.18 bits per heavy atom. The number of ether oxygens (including phenoxy) is 1. The van der Waals surface area contributed by atoms with Crippen molar-refractivity contribution in [2.24, 2.45) is 0 Å². The molecule has 1 atom stereocenters. The van der Waals surface area contributed by atoms with Crippen molar-refractivity contribution in [3.63, 3.8) is 0 Å². The third kappa shape index (κ3) is 3.54. The predicted molar refractivity (Wildman–Crippen MR) is 48.8 cm³/mol. The van der Waals surface area contributed by atoms with Crippen LogP contribution in [0, 0.1) is 0 Å². The molecule has 2 heteroatoms. The largest absolute Gasteiger partial charge is 0.379 e. The maximum Gasteiger partial charge on any atom is 0.0619 e. The van der Waals surface area contributed by atoms with E-state index in [0.717, 1.165) is 26.3 Å². The van der Waals surface area contributed by atoms with Crippen LogP contribution in [0.2, 0.25) is 0 Å². The molecular weight excluding hydrogens is 138 g/mol. The Morgan fingerprint density at radius 3 is 2.55 bits per heavy atom. The predicted octanol–water partition coefficient (Wildman–Crippen LogP) is 1.53. The number of likely N-dealkylation sites (N-methyl/N-ethyl adjacent to an activating group) is 1. The Morgan fingerprint density at radius 1 is 1.55 bits per heavy atom. The summed E-state index contributed by atoms with van der Waals surface area (Å²) in [6.45, 7) is 14.5. The van der Waals surface area contributed by atoms with Crippen LogP contribution in [-0.2, 0) is 4.74 Å². The second-order valence-electron chi connectivity index (χ2n) is 2.55. The Hall–Kier alpha value is -0.340. The van der Waals surface area contributed by atoms with Crippen LogP contribution in [0.3, 0.4) is 0 Å². The Labute approximate surface area is 69.8 Å². The average Bonchev–Trinajstić information content (AvgIpc) is 2.09. The highest BCUT2D eigenvalue weighted by Crippen LogP contribution is 2.03. The lowest BCUT2D eigenvalue weighted by molar-refractivity contribution is 0.00245. The van der Waals surface area contributed by atoms with E-state index in [-0.39, 0.29) is 0 Å². The van der Waals surface area contributed by atoms with E-state index in [4.69, 9.17) is 4.74 Å². The molecule has 0 bridgehead atoms. The number of morpholine rings is 1. The lowest BCUT2D eigenvalue weighted by atomic mass is 10.2. The molecule has 0 saturated carbocycles. The maximum absolute atomic E-state index is 5.27. The van der Waals surface area contributed by atoms with Crippen LogP contribution in [0.25, 0.3) is 0 Å². The van der Waals surface area contributed by atoms with Crippen molar-refractivity contribution in [2.45, 2.75) is 19.9 Å². The van der Waals surface area contributed by atoms with E-state index >= 15 is 0 Å². The van der Waals surface area contributed by atoms with Crippen LogP contribution in [0.1, 0.15) is 13.8 Å². The molecule has 1 fully saturated rings. The highest BCUT2D eigenvalue weighted by atomic mass is 16.5. The summed E-state index contributed by atoms with van der Waals surface area (Å²) in [6, 6.07) is 0.628. The second kappa shape index (κ2) is 6.38. The second-order valence-corrected chi connectivity index (χ2v) is 2.55. The molecule has 0 aliphatic carbocycles. The van der Waals surface area contributed by atoms with Gasteiger partial charge < -0.3 is 4.74 Å². The topological polar surface area (TPSA) is 12.5 Å². The first kappa shape index (κ1) is 10.7. The van der Waals surface area contributed by atoms with Crippen LogP contribution in [0.4, 0.5) is 0 Å². The van der Waals surface area contributed by atoms with Gasteiger partial charge in [0.2, 0.25) is 0 Å². The lowest BCUT2D eigenvalue weighted by Crippen LogP contribution is -2.43. The van der Waals surface area contributed by atoms with Gasteiger partial charge in [-0.1, -0.05) is 6.92 Å². The Bertz CT molecular complexity index is 95.6. The number of hydrogen-bond donors (Lipinski definition) is 0. The molecule has 0 amide bonds. The van der Waals surface area contributed by atoms with Gasteiger partial charge in [-0.2, -0.15) is 0 Å². The highest BCUT2D eigenvalue weighted by molar-refractivity contribution is 4.68. The minimum atomic E-state index is 0.628. The van der Waals surface area contributed by atoms with Gasteiger partial charge in [0.05, 0.1) is 13.2 Å². The van der Waals surface area contributed by atoms with Crippen molar-refractivity contribution in [3.8, 4) is 0 Å². The van der Waals surface area contributed by atoms with Crippen LogP contribution in [0.5, 0.6) is 0 Å². The Kier molecular flexibility index (Phi) is 6.18. The third-order valence-electron chi connectivity index (χ3n) is 1.91. The monoisotopic (exact) mass is 157 g/mol. The highest BCUT2D eigenvalue weighted by Gasteiger charge is 2.15. The fourth-order valence-corrected chi connectivity index (χ4v) is 1.23. The molecule has 0 unspecified atom stereocenters. The van der Waals surface area contributed by atoms with Crippen molar-refractivity contribution in [3.05, 3.63) is 13.2 Å². The molecule has 1 aliphatic heterocycles. The summed E-state index contributed by atoms with van der Waals surface area (Å²) in [4.78, 5) is 2.43. The molecule has 2 nitrogen and oxygen atoms in total. The molecule has 0 spiro atoms. The van der Waals surface area contributed by atoms with E-state index < -0.39 is 0 Å². The molecule has 0 N–H and O–H groups in total. The summed E-state index contributed by atoms with van der Waals surface area (Å²) in [5.74, 6) is 0. The quantitative estimate of drug-likeness (QED) is 0.535. The normalized spacial score (nSPS) is 25.5. The smallest absolute Gasteiger partial charge is 0.0619 e. The van der Waals surface area contributed by atoms with Gasteiger partial charge >= 0.3 is 0 Å². The molecule has 1 aliphatic rings. The Balaban J connectivity index is 0.000000461. The summed E-state index contributed by atoms with van der Waals surface area (Å²) in [6.07, 6.45) is 0. The van der Waals surface area contributed by atoms with Gasteiger partial charge in [-0.25, -0.2) is 0 Å². The van der Waals surface area contributed by atoms with E-state index in [9.17, 15) is 0 Å².